The molecule has 268 valence electrons. The molecule has 1 spiro atoms. The van der Waals surface area contributed by atoms with Crippen LogP contribution >= 0.6 is 0 Å². The second-order valence-electron chi connectivity index (χ2n) is 16.3. The molecule has 12 rings (SSSR count). The average molecular weight is 727 g/mol. The minimum Gasteiger partial charge on any atom is -0.309 e. The number of fused-ring (bicyclic) bond motifs is 14. The second-order valence-corrected chi connectivity index (χ2v) is 16.3. The smallest absolute Gasteiger partial charge is 0.106 e. The lowest BCUT2D eigenvalue weighted by Crippen LogP contribution is -2.44. The molecule has 0 amide bonds. The molecule has 2 aliphatic rings. The topological polar surface area (TPSA) is 0 Å². The highest BCUT2D eigenvalue weighted by Gasteiger charge is 2.41. The fourth-order valence-electron chi connectivity index (χ4n) is 10.6. The van der Waals surface area contributed by atoms with Gasteiger partial charge in [-0.2, -0.15) is 0 Å². The van der Waals surface area contributed by atoms with Crippen LogP contribution in [-0.2, 0) is 26.2 Å². The molecule has 1 heteroatoms. The van der Waals surface area contributed by atoms with Gasteiger partial charge in [0.1, 0.15) is 26.2 Å². The first kappa shape index (κ1) is 32.4. The summed E-state index contributed by atoms with van der Waals surface area (Å²) < 4.78 is 0.882. The largest absolute Gasteiger partial charge is 0.309 e. The Morgan fingerprint density at radius 1 is 0.281 bits per heavy atom. The van der Waals surface area contributed by atoms with Crippen LogP contribution in [0.25, 0.3) is 87.6 Å². The Kier molecular flexibility index (Phi) is 7.18. The molecule has 0 fully saturated rings. The van der Waals surface area contributed by atoms with Crippen molar-refractivity contribution in [2.75, 3.05) is 0 Å². The van der Waals surface area contributed by atoms with Gasteiger partial charge in [-0.3, -0.25) is 0 Å². The van der Waals surface area contributed by atoms with Crippen LogP contribution in [0.5, 0.6) is 0 Å². The molecule has 0 aliphatic carbocycles. The summed E-state index contributed by atoms with van der Waals surface area (Å²) in [4.78, 5) is 0. The molecule has 2 aliphatic heterocycles. The van der Waals surface area contributed by atoms with Crippen molar-refractivity contribution in [3.05, 3.63) is 216 Å². The summed E-state index contributed by atoms with van der Waals surface area (Å²) in [6.45, 7) is 3.65. The van der Waals surface area contributed by atoms with E-state index in [1.54, 1.807) is 0 Å². The quantitative estimate of drug-likeness (QED) is 0.156. The van der Waals surface area contributed by atoms with Crippen LogP contribution in [0.15, 0.2) is 194 Å². The van der Waals surface area contributed by atoms with E-state index in [0.717, 1.165) is 30.7 Å². The Hall–Kier alpha value is -6.80. The van der Waals surface area contributed by atoms with Gasteiger partial charge in [0.25, 0.3) is 0 Å². The first-order chi connectivity index (χ1) is 28.2. The van der Waals surface area contributed by atoms with E-state index < -0.39 is 0 Å². The maximum absolute atomic E-state index is 2.48. The fraction of sp³-hybridized carbons (Fsp3) is 0.0714. The van der Waals surface area contributed by atoms with Gasteiger partial charge in [-0.1, -0.05) is 182 Å². The molecule has 0 bridgehead atoms. The summed E-state index contributed by atoms with van der Waals surface area (Å²) >= 11 is 0. The maximum Gasteiger partial charge on any atom is 0.106 e. The number of nitrogens with zero attached hydrogens (tertiary/aromatic N) is 1. The minimum absolute atomic E-state index is 0.882. The van der Waals surface area contributed by atoms with E-state index >= 15 is 0 Å². The average Bonchev–Trinajstić information content (AvgIpc) is 3.51. The third kappa shape index (κ3) is 5.06. The van der Waals surface area contributed by atoms with Gasteiger partial charge in [0.2, 0.25) is 0 Å². The van der Waals surface area contributed by atoms with Gasteiger partial charge in [0, 0.05) is 33.4 Å². The van der Waals surface area contributed by atoms with E-state index in [1.807, 2.05) is 0 Å². The van der Waals surface area contributed by atoms with Crippen molar-refractivity contribution in [3.8, 4) is 44.5 Å². The summed E-state index contributed by atoms with van der Waals surface area (Å²) in [6.07, 6.45) is 0. The molecule has 0 saturated heterocycles. The molecule has 0 N–H and O–H groups in total. The van der Waals surface area contributed by atoms with Gasteiger partial charge in [-0.25, -0.2) is 0 Å². The molecule has 10 aromatic rings. The lowest BCUT2D eigenvalue weighted by Gasteiger charge is -2.39. The number of hydrogen-bond donors (Lipinski definition) is 0. The van der Waals surface area contributed by atoms with E-state index in [9.17, 15) is 0 Å². The van der Waals surface area contributed by atoms with Crippen LogP contribution in [0, 0.1) is 0 Å². The van der Waals surface area contributed by atoms with E-state index in [-0.39, 0.29) is 0 Å². The first-order valence-corrected chi connectivity index (χ1v) is 20.3. The van der Waals surface area contributed by atoms with Crippen LogP contribution < -0.4 is 0 Å². The molecule has 0 radical (unpaired) electrons. The van der Waals surface area contributed by atoms with Crippen molar-refractivity contribution >= 4 is 43.1 Å². The highest BCUT2D eigenvalue weighted by atomic mass is 15.4. The van der Waals surface area contributed by atoms with Crippen molar-refractivity contribution in [2.45, 2.75) is 26.2 Å². The molecule has 0 unspecified atom stereocenters. The van der Waals surface area contributed by atoms with Gasteiger partial charge in [0.05, 0.1) is 0 Å². The summed E-state index contributed by atoms with van der Waals surface area (Å²) in [7, 11) is 0. The van der Waals surface area contributed by atoms with E-state index in [4.69, 9.17) is 0 Å². The van der Waals surface area contributed by atoms with Crippen molar-refractivity contribution in [1.82, 2.24) is 0 Å². The minimum atomic E-state index is 0.882. The fourth-order valence-corrected chi connectivity index (χ4v) is 10.6. The zero-order valence-corrected chi connectivity index (χ0v) is 31.8. The van der Waals surface area contributed by atoms with Gasteiger partial charge < -0.3 is 4.48 Å². The Morgan fingerprint density at radius 2 is 0.632 bits per heavy atom. The SMILES string of the molecule is c1ccc(-c2cc3ccccc3c3c2C[N+]2(Cc4ccc5ccccc5c4-c4c(ccc5ccccc45)C2)Cc2c(-c4ccccc4)cc4ccccc4c2-3)cc1. The Bertz CT molecular complexity index is 3010. The number of hydrogen-bond acceptors (Lipinski definition) is 0. The van der Waals surface area contributed by atoms with Crippen molar-refractivity contribution < 1.29 is 4.48 Å². The van der Waals surface area contributed by atoms with E-state index in [1.165, 1.54) is 110 Å². The van der Waals surface area contributed by atoms with Crippen LogP contribution in [0.2, 0.25) is 0 Å². The lowest BCUT2D eigenvalue weighted by atomic mass is 9.82. The van der Waals surface area contributed by atoms with Crippen LogP contribution in [0.3, 0.4) is 0 Å². The summed E-state index contributed by atoms with van der Waals surface area (Å²) in [5.41, 5.74) is 16.6. The normalized spacial score (nSPS) is 14.2. The standard InChI is InChI=1S/C56H40N/c1-3-15-37(16-4-1)49-31-41-21-9-13-25-47(41)55-51(49)35-57(36-52-50(38-17-5-2-6-18-38)32-42-22-10-14-26-48(42)56(52)55)33-43-29-27-39-19-7-11-23-45(39)53(43)54-44(34-57)30-28-40-20-8-12-24-46(40)54/h1-32H,33-36H2/q+1. The van der Waals surface area contributed by atoms with Crippen molar-refractivity contribution in [3.63, 3.8) is 0 Å². The number of quaternary nitrogens is 1. The third-order valence-corrected chi connectivity index (χ3v) is 13.0. The predicted octanol–water partition coefficient (Wildman–Crippen LogP) is 14.5. The van der Waals surface area contributed by atoms with Crippen LogP contribution in [-0.4, -0.2) is 4.48 Å². The lowest BCUT2D eigenvalue weighted by molar-refractivity contribution is -0.977. The third-order valence-electron chi connectivity index (χ3n) is 13.0. The van der Waals surface area contributed by atoms with Crippen molar-refractivity contribution in [2.24, 2.45) is 0 Å². The molecule has 0 atom stereocenters. The van der Waals surface area contributed by atoms with Crippen LogP contribution in [0.1, 0.15) is 22.3 Å². The Morgan fingerprint density at radius 3 is 1.05 bits per heavy atom. The van der Waals surface area contributed by atoms with Crippen LogP contribution in [0.4, 0.5) is 0 Å². The molecule has 2 heterocycles. The summed E-state index contributed by atoms with van der Waals surface area (Å²) in [5, 5.41) is 10.5. The van der Waals surface area contributed by atoms with E-state index in [0.29, 0.717) is 0 Å². The highest BCUT2D eigenvalue weighted by molar-refractivity contribution is 6.12. The molecule has 0 aromatic heterocycles. The number of benzene rings is 10. The first-order valence-electron chi connectivity index (χ1n) is 20.3. The monoisotopic (exact) mass is 726 g/mol. The molecular weight excluding hydrogens is 687 g/mol. The van der Waals surface area contributed by atoms with Gasteiger partial charge >= 0.3 is 0 Å². The zero-order chi connectivity index (χ0) is 37.5. The summed E-state index contributed by atoms with van der Waals surface area (Å²) in [6, 6.07) is 73.2. The highest BCUT2D eigenvalue weighted by Crippen LogP contribution is 2.53. The van der Waals surface area contributed by atoms with E-state index in [2.05, 4.69) is 194 Å². The molecule has 1 nitrogen and oxygen atoms in total. The second kappa shape index (κ2) is 12.6. The van der Waals surface area contributed by atoms with Gasteiger partial charge in [-0.05, 0) is 88.6 Å². The maximum atomic E-state index is 2.48. The molecule has 0 saturated carbocycles. The van der Waals surface area contributed by atoms with Crippen molar-refractivity contribution in [1.29, 1.82) is 0 Å². The zero-order valence-electron chi connectivity index (χ0n) is 31.8. The Balaban J connectivity index is 1.25. The predicted molar refractivity (Wildman–Crippen MR) is 240 cm³/mol. The van der Waals surface area contributed by atoms with Gasteiger partial charge in [0.15, 0.2) is 0 Å². The molecule has 57 heavy (non-hydrogen) atoms. The Labute approximate surface area is 333 Å². The summed E-state index contributed by atoms with van der Waals surface area (Å²) in [5.74, 6) is 0. The molecule has 10 aromatic carbocycles. The van der Waals surface area contributed by atoms with Gasteiger partial charge in [-0.15, -0.1) is 0 Å². The number of rotatable bonds is 2. The molecular formula is C56H40N+.